The predicted octanol–water partition coefficient (Wildman–Crippen LogP) is -0.861. The van der Waals surface area contributed by atoms with E-state index in [9.17, 15) is 19.2 Å². The molecule has 0 rings (SSSR count). The molecule has 0 saturated heterocycles. The fourth-order valence-corrected chi connectivity index (χ4v) is 1.46. The van der Waals surface area contributed by atoms with Gasteiger partial charge in [-0.25, -0.2) is 9.59 Å². The van der Waals surface area contributed by atoms with E-state index in [0.717, 1.165) is 0 Å². The highest BCUT2D eigenvalue weighted by Gasteiger charge is 2.19. The summed E-state index contributed by atoms with van der Waals surface area (Å²) in [6, 6.07) is -0.834. The Bertz CT molecular complexity index is 387. The highest BCUT2D eigenvalue weighted by molar-refractivity contribution is 6.32. The molecule has 0 radical (unpaired) electrons. The molecule has 0 bridgehead atoms. The molecule has 0 aliphatic rings. The Balaban J connectivity index is 3.96. The minimum atomic E-state index is -0.950. The molecular weight excluding hydrogens is 308 g/mol. The Morgan fingerprint density at radius 3 is 1.43 bits per heavy atom. The van der Waals surface area contributed by atoms with Crippen molar-refractivity contribution in [1.29, 1.82) is 0 Å². The topological polar surface area (TPSA) is 120 Å². The first-order valence-electron chi connectivity index (χ1n) is 7.34. The van der Waals surface area contributed by atoms with Crippen LogP contribution in [0.25, 0.3) is 0 Å². The summed E-state index contributed by atoms with van der Waals surface area (Å²) >= 11 is 0. The van der Waals surface area contributed by atoms with Gasteiger partial charge >= 0.3 is 23.8 Å². The maximum absolute atomic E-state index is 11.4. The van der Waals surface area contributed by atoms with Gasteiger partial charge in [0.15, 0.2) is 0 Å². The number of nitrogens with one attached hydrogen (secondary N) is 2. The molecule has 2 amide bonds. The zero-order valence-corrected chi connectivity index (χ0v) is 13.8. The molecule has 0 spiro atoms. The molecule has 0 heterocycles. The summed E-state index contributed by atoms with van der Waals surface area (Å²) in [4.78, 5) is 45.0. The molecule has 0 fully saturated rings. The summed E-state index contributed by atoms with van der Waals surface area (Å²) in [6.45, 7) is 7.00. The molecule has 0 saturated carbocycles. The van der Waals surface area contributed by atoms with Crippen LogP contribution in [0.2, 0.25) is 0 Å². The van der Waals surface area contributed by atoms with Crippen LogP contribution < -0.4 is 10.6 Å². The van der Waals surface area contributed by atoms with Gasteiger partial charge in [-0.15, -0.1) is 0 Å². The van der Waals surface area contributed by atoms with Gasteiger partial charge in [0.2, 0.25) is 0 Å². The quantitative estimate of drug-likeness (QED) is 0.438. The number of rotatable bonds is 8. The first kappa shape index (κ1) is 20.8. The van der Waals surface area contributed by atoms with Crippen molar-refractivity contribution < 1.29 is 33.4 Å². The maximum atomic E-state index is 11.4. The number of esters is 2. The van der Waals surface area contributed by atoms with E-state index in [0.29, 0.717) is 0 Å². The van der Waals surface area contributed by atoms with Crippen molar-refractivity contribution in [1.82, 2.24) is 10.6 Å². The van der Waals surface area contributed by atoms with Crippen LogP contribution in [0.15, 0.2) is 0 Å². The monoisotopic (exact) mass is 332 g/mol. The van der Waals surface area contributed by atoms with Crippen LogP contribution in [0.4, 0.5) is 0 Å². The highest BCUT2D eigenvalue weighted by atomic mass is 16.5. The lowest BCUT2D eigenvalue weighted by molar-refractivity contribution is -0.155. The van der Waals surface area contributed by atoms with Gasteiger partial charge in [0, 0.05) is 12.1 Å². The fraction of sp³-hybridized carbons (Fsp3) is 0.714. The molecule has 9 heteroatoms. The number of hydrogen-bond donors (Lipinski definition) is 2. The summed E-state index contributed by atoms with van der Waals surface area (Å²) in [5.74, 6) is -3.58. The molecule has 0 aliphatic carbocycles. The molecule has 0 aromatic carbocycles. The molecule has 0 aliphatic heterocycles. The zero-order chi connectivity index (χ0) is 17.8. The smallest absolute Gasteiger partial charge is 0.396 e. The van der Waals surface area contributed by atoms with E-state index >= 15 is 0 Å². The number of amides is 2. The largest absolute Gasteiger partial charge is 0.459 e. The molecule has 2 N–H and O–H groups in total. The van der Waals surface area contributed by atoms with Crippen molar-refractivity contribution in [3.8, 4) is 0 Å². The normalized spacial score (nSPS) is 12.7. The van der Waals surface area contributed by atoms with E-state index in [-0.39, 0.29) is 26.4 Å². The minimum absolute atomic E-state index is 0.120. The Kier molecular flexibility index (Phi) is 10.3. The van der Waals surface area contributed by atoms with Crippen molar-refractivity contribution in [3.63, 3.8) is 0 Å². The molecule has 0 aromatic rings. The lowest BCUT2D eigenvalue weighted by Crippen LogP contribution is -2.43. The minimum Gasteiger partial charge on any atom is -0.459 e. The SMILES string of the molecule is CCOC(=O)C(=O)NC(C)COCC(C)NC(=O)C(=O)OCC. The van der Waals surface area contributed by atoms with Gasteiger partial charge in [-0.05, 0) is 27.7 Å². The van der Waals surface area contributed by atoms with Crippen molar-refractivity contribution >= 4 is 23.8 Å². The average molecular weight is 332 g/mol. The van der Waals surface area contributed by atoms with Crippen molar-refractivity contribution in [2.24, 2.45) is 0 Å². The summed E-state index contributed by atoms with van der Waals surface area (Å²) < 4.78 is 14.4. The van der Waals surface area contributed by atoms with Crippen LogP contribution >= 0.6 is 0 Å². The lowest BCUT2D eigenvalue weighted by Gasteiger charge is -2.17. The number of carbonyl (C=O) groups is 4. The van der Waals surface area contributed by atoms with E-state index in [2.05, 4.69) is 20.1 Å². The molecule has 0 aromatic heterocycles. The van der Waals surface area contributed by atoms with Gasteiger partial charge < -0.3 is 24.8 Å². The summed E-state index contributed by atoms with van der Waals surface area (Å²) in [6.07, 6.45) is 0. The molecule has 23 heavy (non-hydrogen) atoms. The highest BCUT2D eigenvalue weighted by Crippen LogP contribution is 1.91. The van der Waals surface area contributed by atoms with E-state index in [1.54, 1.807) is 27.7 Å². The maximum Gasteiger partial charge on any atom is 0.396 e. The van der Waals surface area contributed by atoms with Crippen molar-refractivity contribution in [2.75, 3.05) is 26.4 Å². The second-order valence-electron chi connectivity index (χ2n) is 4.73. The van der Waals surface area contributed by atoms with Gasteiger partial charge in [0.05, 0.1) is 26.4 Å². The fourth-order valence-electron chi connectivity index (χ4n) is 1.46. The molecule has 2 atom stereocenters. The van der Waals surface area contributed by atoms with E-state index in [1.807, 2.05) is 0 Å². The van der Waals surface area contributed by atoms with E-state index in [1.165, 1.54) is 0 Å². The van der Waals surface area contributed by atoms with Crippen LogP contribution in [0.1, 0.15) is 27.7 Å². The summed E-state index contributed by atoms with van der Waals surface area (Å²) in [7, 11) is 0. The van der Waals surface area contributed by atoms with E-state index in [4.69, 9.17) is 4.74 Å². The summed E-state index contributed by atoms with van der Waals surface area (Å²) in [5.41, 5.74) is 0. The van der Waals surface area contributed by atoms with Gasteiger partial charge in [-0.2, -0.15) is 0 Å². The standard InChI is InChI=1S/C14H24N2O7/c1-5-22-13(19)11(17)15-9(3)7-21-8-10(4)16-12(18)14(20)23-6-2/h9-10H,5-8H2,1-4H3,(H,15,17)(H,16,18). The third-order valence-electron chi connectivity index (χ3n) is 2.41. The Hall–Kier alpha value is -2.16. The Morgan fingerprint density at radius 1 is 0.783 bits per heavy atom. The van der Waals surface area contributed by atoms with Crippen molar-refractivity contribution in [3.05, 3.63) is 0 Å². The molecule has 2 unspecified atom stereocenters. The first-order valence-corrected chi connectivity index (χ1v) is 7.34. The van der Waals surface area contributed by atoms with Gasteiger partial charge in [0.1, 0.15) is 0 Å². The average Bonchev–Trinajstić information content (AvgIpc) is 2.47. The van der Waals surface area contributed by atoms with Crippen LogP contribution in [-0.2, 0) is 33.4 Å². The Labute approximate surface area is 135 Å². The second kappa shape index (κ2) is 11.4. The van der Waals surface area contributed by atoms with Gasteiger partial charge in [0.25, 0.3) is 0 Å². The predicted molar refractivity (Wildman–Crippen MR) is 79.3 cm³/mol. The van der Waals surface area contributed by atoms with Crippen LogP contribution in [0.3, 0.4) is 0 Å². The zero-order valence-electron chi connectivity index (χ0n) is 13.8. The number of carbonyl (C=O) groups excluding carboxylic acids is 4. The van der Waals surface area contributed by atoms with Crippen molar-refractivity contribution in [2.45, 2.75) is 39.8 Å². The molecule has 9 nitrogen and oxygen atoms in total. The number of ether oxygens (including phenoxy) is 3. The van der Waals surface area contributed by atoms with Gasteiger partial charge in [-0.1, -0.05) is 0 Å². The molecule has 132 valence electrons. The first-order chi connectivity index (χ1) is 10.8. The van der Waals surface area contributed by atoms with Crippen LogP contribution in [-0.4, -0.2) is 62.3 Å². The molecular formula is C14H24N2O7. The third-order valence-corrected chi connectivity index (χ3v) is 2.41. The number of hydrogen-bond acceptors (Lipinski definition) is 7. The van der Waals surface area contributed by atoms with Gasteiger partial charge in [-0.3, -0.25) is 9.59 Å². The lowest BCUT2D eigenvalue weighted by atomic mass is 10.3. The van der Waals surface area contributed by atoms with Crippen LogP contribution in [0.5, 0.6) is 0 Å². The van der Waals surface area contributed by atoms with E-state index < -0.39 is 35.8 Å². The summed E-state index contributed by atoms with van der Waals surface area (Å²) in [5, 5.41) is 4.83. The second-order valence-corrected chi connectivity index (χ2v) is 4.73. The Morgan fingerprint density at radius 2 is 1.13 bits per heavy atom. The van der Waals surface area contributed by atoms with Crippen LogP contribution in [0, 0.1) is 0 Å². The third kappa shape index (κ3) is 9.46.